The molecule has 0 amide bonds. The number of allylic oxidation sites excluding steroid dienone is 1. The van der Waals surface area contributed by atoms with Gasteiger partial charge in [-0.05, 0) is 56.4 Å². The highest BCUT2D eigenvalue weighted by molar-refractivity contribution is 7.89. The van der Waals surface area contributed by atoms with Crippen LogP contribution in [0.5, 0.6) is 0 Å². The quantitative estimate of drug-likeness (QED) is 0.659. The molecule has 3 N–H and O–H groups in total. The first kappa shape index (κ1) is 14.1. The molecule has 0 saturated heterocycles. The molecule has 104 valence electrons. The summed E-state index contributed by atoms with van der Waals surface area (Å²) in [6, 6.07) is 3.30. The van der Waals surface area contributed by atoms with Crippen LogP contribution >= 0.6 is 0 Å². The van der Waals surface area contributed by atoms with Crippen LogP contribution in [0.1, 0.15) is 30.4 Å². The van der Waals surface area contributed by atoms with E-state index in [9.17, 15) is 8.42 Å². The zero-order valence-electron chi connectivity index (χ0n) is 11.3. The van der Waals surface area contributed by atoms with Gasteiger partial charge in [0.15, 0.2) is 0 Å². The highest BCUT2D eigenvalue weighted by atomic mass is 32.2. The van der Waals surface area contributed by atoms with Crippen LogP contribution in [0, 0.1) is 13.8 Å². The zero-order valence-corrected chi connectivity index (χ0v) is 12.1. The van der Waals surface area contributed by atoms with Crippen molar-refractivity contribution in [2.45, 2.75) is 44.0 Å². The number of hydrogen-bond donors (Lipinski definition) is 2. The number of hydrogen-bond acceptors (Lipinski definition) is 3. The van der Waals surface area contributed by atoms with Gasteiger partial charge in [-0.25, -0.2) is 13.1 Å². The van der Waals surface area contributed by atoms with Crippen molar-refractivity contribution in [2.75, 3.05) is 5.73 Å². The molecule has 0 aliphatic heterocycles. The molecule has 0 spiro atoms. The van der Waals surface area contributed by atoms with Gasteiger partial charge in [0.2, 0.25) is 10.0 Å². The maximum absolute atomic E-state index is 12.4. The van der Waals surface area contributed by atoms with Crippen molar-refractivity contribution in [3.63, 3.8) is 0 Å². The van der Waals surface area contributed by atoms with Crippen molar-refractivity contribution < 1.29 is 8.42 Å². The summed E-state index contributed by atoms with van der Waals surface area (Å²) in [5, 5.41) is 0. The smallest absolute Gasteiger partial charge is 0.241 e. The fourth-order valence-corrected chi connectivity index (χ4v) is 3.95. The number of sulfonamides is 1. The lowest BCUT2D eigenvalue weighted by atomic mass is 10.0. The fourth-order valence-electron chi connectivity index (χ4n) is 2.32. The monoisotopic (exact) mass is 280 g/mol. The van der Waals surface area contributed by atoms with E-state index in [2.05, 4.69) is 10.8 Å². The van der Waals surface area contributed by atoms with Crippen LogP contribution in [0.4, 0.5) is 5.69 Å². The second-order valence-electron chi connectivity index (χ2n) is 5.06. The van der Waals surface area contributed by atoms with Crippen LogP contribution in [0.15, 0.2) is 29.2 Å². The van der Waals surface area contributed by atoms with E-state index in [0.717, 1.165) is 30.4 Å². The van der Waals surface area contributed by atoms with Gasteiger partial charge in [0.1, 0.15) is 0 Å². The Labute approximate surface area is 114 Å². The van der Waals surface area contributed by atoms with Crippen LogP contribution in [-0.2, 0) is 10.0 Å². The molecule has 1 unspecified atom stereocenters. The molecular formula is C14H20N2O2S. The molecule has 0 aromatic heterocycles. The highest BCUT2D eigenvalue weighted by Gasteiger charge is 2.22. The number of nitrogens with one attached hydrogen (secondary N) is 1. The standard InChI is InChI=1S/C14H20N2O2S/c1-10-8-12(15)9-14(11(10)2)19(17,18)16-13-6-4-3-5-7-13/h3-4,8-9,13,16H,5-7,15H2,1-2H3. The number of rotatable bonds is 3. The minimum atomic E-state index is -3.50. The Balaban J connectivity index is 2.31. The second-order valence-corrected chi connectivity index (χ2v) is 6.75. The molecule has 19 heavy (non-hydrogen) atoms. The van der Waals surface area contributed by atoms with E-state index >= 15 is 0 Å². The number of benzene rings is 1. The van der Waals surface area contributed by atoms with Crippen LogP contribution in [-0.4, -0.2) is 14.5 Å². The molecule has 0 bridgehead atoms. The van der Waals surface area contributed by atoms with Gasteiger partial charge in [0.05, 0.1) is 4.90 Å². The van der Waals surface area contributed by atoms with Gasteiger partial charge < -0.3 is 5.73 Å². The summed E-state index contributed by atoms with van der Waals surface area (Å²) in [5.74, 6) is 0. The first-order valence-corrected chi connectivity index (χ1v) is 7.92. The lowest BCUT2D eigenvalue weighted by Gasteiger charge is -2.20. The predicted octanol–water partition coefficient (Wildman–Crippen LogP) is 2.27. The van der Waals surface area contributed by atoms with Crippen molar-refractivity contribution >= 4 is 15.7 Å². The Morgan fingerprint density at radius 1 is 1.26 bits per heavy atom. The largest absolute Gasteiger partial charge is 0.399 e. The molecule has 0 radical (unpaired) electrons. The van der Waals surface area contributed by atoms with E-state index in [4.69, 9.17) is 5.73 Å². The molecule has 0 heterocycles. The molecule has 0 fully saturated rings. The second kappa shape index (κ2) is 5.35. The Hall–Kier alpha value is -1.33. The van der Waals surface area contributed by atoms with Crippen molar-refractivity contribution in [2.24, 2.45) is 0 Å². The van der Waals surface area contributed by atoms with Crippen LogP contribution in [0.3, 0.4) is 0 Å². The lowest BCUT2D eigenvalue weighted by molar-refractivity contribution is 0.522. The van der Waals surface area contributed by atoms with E-state index < -0.39 is 10.0 Å². The molecule has 2 rings (SSSR count). The first-order valence-electron chi connectivity index (χ1n) is 6.44. The average Bonchev–Trinajstić information content (AvgIpc) is 2.34. The highest BCUT2D eigenvalue weighted by Crippen LogP contribution is 2.23. The summed E-state index contributed by atoms with van der Waals surface area (Å²) in [7, 11) is -3.50. The number of aryl methyl sites for hydroxylation is 1. The van der Waals surface area contributed by atoms with E-state index in [0.29, 0.717) is 10.6 Å². The minimum Gasteiger partial charge on any atom is -0.399 e. The Kier molecular flexibility index (Phi) is 3.96. The number of nitrogens with two attached hydrogens (primary N) is 1. The Bertz CT molecular complexity index is 606. The topological polar surface area (TPSA) is 72.2 Å². The molecule has 1 aromatic rings. The van der Waals surface area contributed by atoms with Gasteiger partial charge in [-0.15, -0.1) is 0 Å². The number of anilines is 1. The SMILES string of the molecule is Cc1cc(N)cc(S(=O)(=O)NC2CC=CCC2)c1C. The fraction of sp³-hybridized carbons (Fsp3) is 0.429. The number of nitrogen functional groups attached to an aromatic ring is 1. The summed E-state index contributed by atoms with van der Waals surface area (Å²) in [4.78, 5) is 0.291. The third-order valence-electron chi connectivity index (χ3n) is 3.52. The maximum Gasteiger partial charge on any atom is 0.241 e. The predicted molar refractivity (Wildman–Crippen MR) is 77.4 cm³/mol. The Morgan fingerprint density at radius 3 is 2.63 bits per heavy atom. The Morgan fingerprint density at radius 2 is 2.00 bits per heavy atom. The van der Waals surface area contributed by atoms with Gasteiger partial charge >= 0.3 is 0 Å². The first-order chi connectivity index (χ1) is 8.90. The van der Waals surface area contributed by atoms with Crippen LogP contribution < -0.4 is 10.5 Å². The van der Waals surface area contributed by atoms with Gasteiger partial charge in [-0.3, -0.25) is 0 Å². The van der Waals surface area contributed by atoms with Crippen LogP contribution in [0.2, 0.25) is 0 Å². The van der Waals surface area contributed by atoms with Crippen LogP contribution in [0.25, 0.3) is 0 Å². The van der Waals surface area contributed by atoms with E-state index in [1.807, 2.05) is 19.9 Å². The third kappa shape index (κ3) is 3.16. The molecule has 1 aliphatic rings. The molecule has 0 saturated carbocycles. The average molecular weight is 280 g/mol. The summed E-state index contributed by atoms with van der Waals surface area (Å²) in [6.07, 6.45) is 6.62. The zero-order chi connectivity index (χ0) is 14.0. The molecule has 1 aliphatic carbocycles. The van der Waals surface area contributed by atoms with Gasteiger partial charge in [0, 0.05) is 11.7 Å². The summed E-state index contributed by atoms with van der Waals surface area (Å²) in [6.45, 7) is 3.68. The third-order valence-corrected chi connectivity index (χ3v) is 5.17. The van der Waals surface area contributed by atoms with Gasteiger partial charge in [-0.1, -0.05) is 12.2 Å². The van der Waals surface area contributed by atoms with Crippen molar-refractivity contribution in [3.8, 4) is 0 Å². The molecule has 4 nitrogen and oxygen atoms in total. The summed E-state index contributed by atoms with van der Waals surface area (Å²) in [5.41, 5.74) is 7.88. The van der Waals surface area contributed by atoms with Crippen molar-refractivity contribution in [1.29, 1.82) is 0 Å². The maximum atomic E-state index is 12.4. The normalized spacial score (nSPS) is 19.6. The van der Waals surface area contributed by atoms with E-state index in [1.165, 1.54) is 6.07 Å². The molecule has 1 aromatic carbocycles. The van der Waals surface area contributed by atoms with E-state index in [1.54, 1.807) is 6.07 Å². The summed E-state index contributed by atoms with van der Waals surface area (Å²) < 4.78 is 27.6. The van der Waals surface area contributed by atoms with E-state index in [-0.39, 0.29) is 6.04 Å². The van der Waals surface area contributed by atoms with Crippen molar-refractivity contribution in [3.05, 3.63) is 35.4 Å². The molecule has 1 atom stereocenters. The minimum absolute atomic E-state index is 0.0175. The summed E-state index contributed by atoms with van der Waals surface area (Å²) >= 11 is 0. The lowest BCUT2D eigenvalue weighted by Crippen LogP contribution is -2.35. The molecular weight excluding hydrogens is 260 g/mol. The molecule has 5 heteroatoms. The van der Waals surface area contributed by atoms with Gasteiger partial charge in [0.25, 0.3) is 0 Å². The van der Waals surface area contributed by atoms with Crippen molar-refractivity contribution in [1.82, 2.24) is 4.72 Å². The van der Waals surface area contributed by atoms with Gasteiger partial charge in [-0.2, -0.15) is 0 Å².